The lowest BCUT2D eigenvalue weighted by atomic mass is 9.83. The summed E-state index contributed by atoms with van der Waals surface area (Å²) in [5, 5.41) is 10.6. The molecule has 1 saturated heterocycles. The van der Waals surface area contributed by atoms with Gasteiger partial charge in [0, 0.05) is 18.9 Å². The van der Waals surface area contributed by atoms with Gasteiger partial charge in [0.05, 0.1) is 24.3 Å². The lowest BCUT2D eigenvalue weighted by Gasteiger charge is -2.35. The zero-order chi connectivity index (χ0) is 38.7. The molecule has 1 aromatic rings. The third-order valence-corrected chi connectivity index (χ3v) is 10.3. The summed E-state index contributed by atoms with van der Waals surface area (Å²) in [6, 6.07) is 4.19. The highest BCUT2D eigenvalue weighted by atomic mass is 16.5. The first-order valence-corrected chi connectivity index (χ1v) is 19.2. The molecule has 6 amide bonds. The Morgan fingerprint density at radius 2 is 1.51 bits per heavy atom. The Hall–Kier alpha value is -4.33. The summed E-state index contributed by atoms with van der Waals surface area (Å²) >= 11 is 0. The van der Waals surface area contributed by atoms with Gasteiger partial charge in [-0.1, -0.05) is 75.8 Å². The molecule has 14 heteroatoms. The molecule has 3 aliphatic rings. The van der Waals surface area contributed by atoms with Crippen LogP contribution in [0, 0.1) is 11.8 Å². The van der Waals surface area contributed by atoms with E-state index in [1.807, 2.05) is 20.8 Å². The number of hydrogen-bond acceptors (Lipinski definition) is 8. The van der Waals surface area contributed by atoms with Crippen LogP contribution in [0.1, 0.15) is 116 Å². The Balaban J connectivity index is 1.46. The Labute approximate surface area is 312 Å². The van der Waals surface area contributed by atoms with Crippen molar-refractivity contribution in [1.29, 1.82) is 0 Å². The van der Waals surface area contributed by atoms with E-state index in [0.717, 1.165) is 57.8 Å². The summed E-state index contributed by atoms with van der Waals surface area (Å²) in [5.74, 6) is -4.83. The van der Waals surface area contributed by atoms with Gasteiger partial charge in [-0.05, 0) is 64.4 Å². The Morgan fingerprint density at radius 1 is 0.868 bits per heavy atom. The van der Waals surface area contributed by atoms with Crippen LogP contribution in [0.5, 0.6) is 0 Å². The van der Waals surface area contributed by atoms with E-state index in [4.69, 9.17) is 10.5 Å². The van der Waals surface area contributed by atoms with E-state index >= 15 is 0 Å². The lowest BCUT2D eigenvalue weighted by molar-refractivity contribution is -0.145. The van der Waals surface area contributed by atoms with Crippen LogP contribution in [-0.2, 0) is 38.3 Å². The second-order valence-corrected chi connectivity index (χ2v) is 15.7. The van der Waals surface area contributed by atoms with Gasteiger partial charge in [0.1, 0.15) is 18.1 Å². The zero-order valence-corrected chi connectivity index (χ0v) is 31.6. The van der Waals surface area contributed by atoms with Gasteiger partial charge in [0.2, 0.25) is 35.3 Å². The maximum Gasteiger partial charge on any atom is 0.290 e. The van der Waals surface area contributed by atoms with Crippen LogP contribution >= 0.6 is 0 Å². The summed E-state index contributed by atoms with van der Waals surface area (Å²) in [4.78, 5) is 94.5. The highest BCUT2D eigenvalue weighted by molar-refractivity contribution is 6.38. The molecule has 1 heterocycles. The van der Waals surface area contributed by atoms with Crippen molar-refractivity contribution in [3.8, 4) is 0 Å². The first-order chi connectivity index (χ1) is 25.2. The number of rotatable bonds is 16. The molecule has 14 nitrogen and oxygen atoms in total. The molecular formula is C39H58N6O8. The van der Waals surface area contributed by atoms with E-state index in [0.29, 0.717) is 12.0 Å². The molecule has 0 bridgehead atoms. The summed E-state index contributed by atoms with van der Waals surface area (Å²) < 4.78 is 6.25. The number of ketones is 1. The number of nitrogens with two attached hydrogens (primary N) is 1. The average Bonchev–Trinajstić information content (AvgIpc) is 3.82. The topological polar surface area (TPSA) is 206 Å². The average molecular weight is 739 g/mol. The van der Waals surface area contributed by atoms with Gasteiger partial charge in [0.25, 0.3) is 5.91 Å². The molecule has 2 saturated carbocycles. The van der Waals surface area contributed by atoms with E-state index in [-0.39, 0.29) is 43.0 Å². The molecule has 0 aromatic heterocycles. The van der Waals surface area contributed by atoms with Crippen LogP contribution in [0.15, 0.2) is 30.3 Å². The number of Topliss-reactive ketones (excluding diaryl/α,β-unsaturated/α-hetero) is 1. The van der Waals surface area contributed by atoms with E-state index in [9.17, 15) is 33.6 Å². The molecule has 3 fully saturated rings. The Morgan fingerprint density at radius 3 is 2.11 bits per heavy atom. The van der Waals surface area contributed by atoms with Crippen LogP contribution in [0.3, 0.4) is 0 Å². The molecule has 4 rings (SSSR count). The minimum Gasteiger partial charge on any atom is -0.371 e. The smallest absolute Gasteiger partial charge is 0.290 e. The maximum absolute atomic E-state index is 14.5. The number of hydrogen-bond donors (Lipinski definition) is 5. The number of carbonyl (C=O) groups excluding carboxylic acids is 7. The monoisotopic (exact) mass is 738 g/mol. The molecule has 5 atom stereocenters. The minimum atomic E-state index is -1.23. The van der Waals surface area contributed by atoms with Crippen molar-refractivity contribution in [2.45, 2.75) is 141 Å². The summed E-state index contributed by atoms with van der Waals surface area (Å²) in [6.07, 6.45) is 8.38. The molecule has 1 aliphatic heterocycles. The van der Waals surface area contributed by atoms with Crippen LogP contribution in [-0.4, -0.2) is 89.0 Å². The van der Waals surface area contributed by atoms with E-state index in [1.165, 1.54) is 4.90 Å². The molecule has 0 radical (unpaired) electrons. The van der Waals surface area contributed by atoms with Crippen LogP contribution in [0.2, 0.25) is 0 Å². The van der Waals surface area contributed by atoms with Gasteiger partial charge in [-0.3, -0.25) is 33.6 Å². The van der Waals surface area contributed by atoms with Crippen LogP contribution in [0.25, 0.3) is 0 Å². The van der Waals surface area contributed by atoms with Crippen molar-refractivity contribution in [2.75, 3.05) is 13.1 Å². The first kappa shape index (κ1) is 41.4. The molecule has 1 aromatic carbocycles. The van der Waals surface area contributed by atoms with Gasteiger partial charge in [-0.2, -0.15) is 0 Å². The molecule has 292 valence electrons. The number of nitrogens with zero attached hydrogens (tertiary/aromatic N) is 1. The second-order valence-electron chi connectivity index (χ2n) is 15.7. The zero-order valence-electron chi connectivity index (χ0n) is 31.6. The molecule has 53 heavy (non-hydrogen) atoms. The minimum absolute atomic E-state index is 0.0610. The maximum atomic E-state index is 14.5. The predicted molar refractivity (Wildman–Crippen MR) is 197 cm³/mol. The van der Waals surface area contributed by atoms with Crippen LogP contribution < -0.4 is 27.0 Å². The predicted octanol–water partition coefficient (Wildman–Crippen LogP) is 2.34. The number of carbonyl (C=O) groups is 7. The normalized spacial score (nSPS) is 21.2. The third kappa shape index (κ3) is 11.8. The molecule has 0 spiro atoms. The van der Waals surface area contributed by atoms with Gasteiger partial charge in [-0.25, -0.2) is 0 Å². The highest BCUT2D eigenvalue weighted by Gasteiger charge is 2.46. The molecule has 6 N–H and O–H groups in total. The lowest BCUT2D eigenvalue weighted by Crippen LogP contribution is -2.58. The van der Waals surface area contributed by atoms with E-state index < -0.39 is 71.8 Å². The van der Waals surface area contributed by atoms with E-state index in [2.05, 4.69) is 21.3 Å². The highest BCUT2D eigenvalue weighted by Crippen LogP contribution is 2.32. The van der Waals surface area contributed by atoms with Crippen LogP contribution in [0.4, 0.5) is 0 Å². The third-order valence-electron chi connectivity index (χ3n) is 10.3. The Kier molecular flexibility index (Phi) is 15.0. The fraction of sp³-hybridized carbons (Fsp3) is 0.667. The number of likely N-dealkylation sites (tertiary alicyclic amines) is 1. The molecular weight excluding hydrogens is 680 g/mol. The van der Waals surface area contributed by atoms with Gasteiger partial charge >= 0.3 is 0 Å². The van der Waals surface area contributed by atoms with Gasteiger partial charge in [-0.15, -0.1) is 0 Å². The number of benzene rings is 1. The molecule has 2 aliphatic carbocycles. The van der Waals surface area contributed by atoms with Crippen molar-refractivity contribution >= 4 is 41.2 Å². The molecule has 5 unspecified atom stereocenters. The fourth-order valence-electron chi connectivity index (χ4n) is 7.77. The van der Waals surface area contributed by atoms with Crippen molar-refractivity contribution in [1.82, 2.24) is 26.2 Å². The quantitative estimate of drug-likeness (QED) is 0.159. The van der Waals surface area contributed by atoms with Crippen molar-refractivity contribution in [3.05, 3.63) is 35.9 Å². The summed E-state index contributed by atoms with van der Waals surface area (Å²) in [5.41, 5.74) is 5.37. The number of primary amides is 1. The first-order valence-electron chi connectivity index (χ1n) is 19.2. The number of ether oxygens (including phenoxy) is 1. The summed E-state index contributed by atoms with van der Waals surface area (Å²) in [6.45, 7) is 7.00. The number of amides is 6. The van der Waals surface area contributed by atoms with Gasteiger partial charge < -0.3 is 36.6 Å². The van der Waals surface area contributed by atoms with Crippen molar-refractivity contribution in [3.63, 3.8) is 0 Å². The fourth-order valence-corrected chi connectivity index (χ4v) is 7.77. The Bertz CT molecular complexity index is 1470. The van der Waals surface area contributed by atoms with Gasteiger partial charge in [0.15, 0.2) is 0 Å². The van der Waals surface area contributed by atoms with Crippen molar-refractivity contribution < 1.29 is 38.3 Å². The largest absolute Gasteiger partial charge is 0.371 e. The van der Waals surface area contributed by atoms with E-state index in [1.54, 1.807) is 37.3 Å². The second kappa shape index (κ2) is 19.1. The summed E-state index contributed by atoms with van der Waals surface area (Å²) in [7, 11) is 0. The standard InChI is InChI=1S/C39H58N6O8/c1-5-14-28(33(47)37(51)41-22-30(46)43-31(34(40)48)24-15-8-6-9-16-24)42-36(50)29-21-27(53-39(2,3)4)23-45(29)38(52)32(25-17-10-7-11-18-25)44-35(49)26-19-12-13-20-26/h6,8-9,15-16,25-29,31-32H,5,7,10-14,17-23H2,1-4H3,(H2,40,48)(H,41,51)(H,42,50)(H,43,46)(H,44,49). The number of nitrogens with one attached hydrogen (secondary N) is 4. The van der Waals surface area contributed by atoms with Crippen molar-refractivity contribution in [2.24, 2.45) is 17.6 Å². The SMILES string of the molecule is CCCC(NC(=O)C1CC(OC(C)(C)C)CN1C(=O)C(NC(=O)C1CCCC1)C1CCCCC1)C(=O)C(=O)NCC(=O)NC(C(N)=O)c1ccccc1.